The van der Waals surface area contributed by atoms with E-state index in [9.17, 15) is 19.5 Å². The van der Waals surface area contributed by atoms with Crippen LogP contribution in [0.2, 0.25) is 0 Å². The van der Waals surface area contributed by atoms with Crippen LogP contribution in [0.1, 0.15) is 34.1 Å². The van der Waals surface area contributed by atoms with Crippen LogP contribution in [0.25, 0.3) is 0 Å². The van der Waals surface area contributed by atoms with Crippen molar-refractivity contribution in [1.29, 1.82) is 0 Å². The Labute approximate surface area is 137 Å². The van der Waals surface area contributed by atoms with Gasteiger partial charge in [0.25, 0.3) is 0 Å². The zero-order valence-corrected chi connectivity index (χ0v) is 14.3. The summed E-state index contributed by atoms with van der Waals surface area (Å²) in [4.78, 5) is 38.8. The standard InChI is InChI=1S/C15H28N4O4/c1-5-12(20)17-7-11-13(16)10(14(21)22)8-19(11)15(23)18(6-2)9(3)4/h9-11,13H,5-8,16H2,1-4H3,(H,17,20)(H,21,22)/t10-,11?,13-/m1/s1. The van der Waals surface area contributed by atoms with Gasteiger partial charge in [0.15, 0.2) is 0 Å². The van der Waals surface area contributed by atoms with Crippen molar-refractivity contribution < 1.29 is 19.5 Å². The number of rotatable bonds is 6. The topological polar surface area (TPSA) is 116 Å². The SMILES string of the molecule is CCC(=O)NCC1[C@H](N)[C@H](C(=O)O)CN1C(=O)N(CC)C(C)C. The van der Waals surface area contributed by atoms with E-state index >= 15 is 0 Å². The van der Waals surface area contributed by atoms with Gasteiger partial charge in [0, 0.05) is 38.1 Å². The number of carboxylic acid groups (broad SMARTS) is 1. The smallest absolute Gasteiger partial charge is 0.320 e. The average molecular weight is 328 g/mol. The van der Waals surface area contributed by atoms with Gasteiger partial charge in [-0.3, -0.25) is 9.59 Å². The zero-order valence-electron chi connectivity index (χ0n) is 14.3. The monoisotopic (exact) mass is 328 g/mol. The Hall–Kier alpha value is -1.83. The van der Waals surface area contributed by atoms with Crippen LogP contribution >= 0.6 is 0 Å². The lowest BCUT2D eigenvalue weighted by atomic mass is 10.00. The highest BCUT2D eigenvalue weighted by Gasteiger charge is 2.46. The molecule has 0 spiro atoms. The molecule has 3 atom stereocenters. The van der Waals surface area contributed by atoms with Crippen molar-refractivity contribution in [2.24, 2.45) is 11.7 Å². The fourth-order valence-electron chi connectivity index (χ4n) is 2.88. The molecule has 1 heterocycles. The number of urea groups is 1. The van der Waals surface area contributed by atoms with Crippen molar-refractivity contribution in [1.82, 2.24) is 15.1 Å². The quantitative estimate of drug-likeness (QED) is 0.638. The first kappa shape index (κ1) is 19.2. The third-order valence-corrected chi connectivity index (χ3v) is 4.30. The van der Waals surface area contributed by atoms with Crippen molar-refractivity contribution in [2.45, 2.75) is 52.2 Å². The molecule has 0 bridgehead atoms. The largest absolute Gasteiger partial charge is 0.481 e. The fourth-order valence-corrected chi connectivity index (χ4v) is 2.88. The highest BCUT2D eigenvalue weighted by molar-refractivity contribution is 5.79. The van der Waals surface area contributed by atoms with Gasteiger partial charge in [0.2, 0.25) is 5.91 Å². The van der Waals surface area contributed by atoms with E-state index < -0.39 is 24.0 Å². The molecule has 0 aromatic rings. The molecule has 1 unspecified atom stereocenters. The van der Waals surface area contributed by atoms with E-state index in [4.69, 9.17) is 5.73 Å². The number of carbonyl (C=O) groups is 3. The summed E-state index contributed by atoms with van der Waals surface area (Å²) in [6, 6.07) is -1.47. The molecule has 0 aromatic carbocycles. The highest BCUT2D eigenvalue weighted by atomic mass is 16.4. The molecule has 0 aliphatic carbocycles. The van der Waals surface area contributed by atoms with Gasteiger partial charge >= 0.3 is 12.0 Å². The predicted octanol–water partition coefficient (Wildman–Crippen LogP) is 0.0752. The minimum atomic E-state index is -1.02. The molecule has 3 amide bonds. The molecule has 1 saturated heterocycles. The Morgan fingerprint density at radius 3 is 2.39 bits per heavy atom. The number of carbonyl (C=O) groups excluding carboxylic acids is 2. The number of nitrogens with zero attached hydrogens (tertiary/aromatic N) is 2. The van der Waals surface area contributed by atoms with E-state index in [0.29, 0.717) is 13.0 Å². The Morgan fingerprint density at radius 1 is 1.35 bits per heavy atom. The molecule has 132 valence electrons. The molecule has 1 aliphatic heterocycles. The van der Waals surface area contributed by atoms with Gasteiger partial charge in [-0.2, -0.15) is 0 Å². The van der Waals surface area contributed by atoms with E-state index in [1.165, 1.54) is 4.90 Å². The van der Waals surface area contributed by atoms with Crippen LogP contribution in [0.3, 0.4) is 0 Å². The van der Waals surface area contributed by atoms with Gasteiger partial charge in [-0.25, -0.2) is 4.79 Å². The summed E-state index contributed by atoms with van der Waals surface area (Å²) in [5.74, 6) is -2.00. The van der Waals surface area contributed by atoms with Crippen molar-refractivity contribution in [3.8, 4) is 0 Å². The van der Waals surface area contributed by atoms with Gasteiger partial charge in [0.05, 0.1) is 12.0 Å². The Kier molecular flexibility index (Phi) is 6.80. The third kappa shape index (κ3) is 4.34. The summed E-state index contributed by atoms with van der Waals surface area (Å²) in [5.41, 5.74) is 6.05. The molecule has 1 fully saturated rings. The van der Waals surface area contributed by atoms with E-state index in [2.05, 4.69) is 5.32 Å². The predicted molar refractivity (Wildman–Crippen MR) is 85.8 cm³/mol. The van der Waals surface area contributed by atoms with Crippen molar-refractivity contribution in [3.63, 3.8) is 0 Å². The third-order valence-electron chi connectivity index (χ3n) is 4.30. The normalized spacial score (nSPS) is 23.9. The van der Waals surface area contributed by atoms with Gasteiger partial charge in [-0.15, -0.1) is 0 Å². The minimum absolute atomic E-state index is 0.00140. The minimum Gasteiger partial charge on any atom is -0.481 e. The molecule has 4 N–H and O–H groups in total. The summed E-state index contributed by atoms with van der Waals surface area (Å²) in [5, 5.41) is 12.0. The number of aliphatic carboxylic acids is 1. The second kappa shape index (κ2) is 8.14. The van der Waals surface area contributed by atoms with E-state index in [0.717, 1.165) is 0 Å². The number of hydrogen-bond donors (Lipinski definition) is 3. The molecule has 0 aromatic heterocycles. The lowest BCUT2D eigenvalue weighted by molar-refractivity contribution is -0.141. The molecule has 0 radical (unpaired) electrons. The van der Waals surface area contributed by atoms with Gasteiger partial charge in [0.1, 0.15) is 0 Å². The van der Waals surface area contributed by atoms with E-state index in [1.807, 2.05) is 20.8 Å². The van der Waals surface area contributed by atoms with E-state index in [1.54, 1.807) is 11.8 Å². The molecule has 8 nitrogen and oxygen atoms in total. The molecular weight excluding hydrogens is 300 g/mol. The summed E-state index contributed by atoms with van der Waals surface area (Å²) >= 11 is 0. The Bertz CT molecular complexity index is 455. The molecule has 1 aliphatic rings. The second-order valence-corrected chi connectivity index (χ2v) is 6.06. The fraction of sp³-hybridized carbons (Fsp3) is 0.800. The number of hydrogen-bond acceptors (Lipinski definition) is 4. The highest BCUT2D eigenvalue weighted by Crippen LogP contribution is 2.24. The first-order chi connectivity index (χ1) is 10.7. The van der Waals surface area contributed by atoms with Gasteiger partial charge in [-0.05, 0) is 20.8 Å². The lowest BCUT2D eigenvalue weighted by Gasteiger charge is -2.34. The number of nitrogens with one attached hydrogen (secondary N) is 1. The van der Waals surface area contributed by atoms with Gasteiger partial charge in [-0.1, -0.05) is 6.92 Å². The summed E-state index contributed by atoms with van der Waals surface area (Å²) in [6.07, 6.45) is 0.325. The molecular formula is C15H28N4O4. The van der Waals surface area contributed by atoms with E-state index in [-0.39, 0.29) is 31.1 Å². The summed E-state index contributed by atoms with van der Waals surface area (Å²) in [7, 11) is 0. The lowest BCUT2D eigenvalue weighted by Crippen LogP contribution is -2.54. The van der Waals surface area contributed by atoms with Crippen LogP contribution in [0.4, 0.5) is 4.79 Å². The Balaban J connectivity index is 2.97. The van der Waals surface area contributed by atoms with Crippen LogP contribution < -0.4 is 11.1 Å². The average Bonchev–Trinajstić information content (AvgIpc) is 2.82. The second-order valence-electron chi connectivity index (χ2n) is 6.06. The van der Waals surface area contributed by atoms with Crippen LogP contribution in [0.5, 0.6) is 0 Å². The van der Waals surface area contributed by atoms with Crippen LogP contribution in [0.15, 0.2) is 0 Å². The number of carboxylic acids is 1. The molecule has 1 rings (SSSR count). The number of nitrogens with two attached hydrogens (primary N) is 1. The van der Waals surface area contributed by atoms with Crippen molar-refractivity contribution in [3.05, 3.63) is 0 Å². The first-order valence-corrected chi connectivity index (χ1v) is 8.06. The maximum absolute atomic E-state index is 12.7. The molecule has 8 heteroatoms. The van der Waals surface area contributed by atoms with Gasteiger partial charge < -0.3 is 26.0 Å². The van der Waals surface area contributed by atoms with Crippen molar-refractivity contribution >= 4 is 17.9 Å². The summed E-state index contributed by atoms with van der Waals surface area (Å²) in [6.45, 7) is 8.15. The first-order valence-electron chi connectivity index (χ1n) is 8.06. The van der Waals surface area contributed by atoms with Crippen molar-refractivity contribution in [2.75, 3.05) is 19.6 Å². The van der Waals surface area contributed by atoms with Crippen LogP contribution in [-0.4, -0.2) is 70.6 Å². The number of amides is 3. The maximum Gasteiger partial charge on any atom is 0.320 e. The zero-order chi connectivity index (χ0) is 17.7. The maximum atomic E-state index is 12.7. The molecule has 0 saturated carbocycles. The summed E-state index contributed by atoms with van der Waals surface area (Å²) < 4.78 is 0. The molecule has 23 heavy (non-hydrogen) atoms. The Morgan fingerprint density at radius 2 is 1.96 bits per heavy atom. The van der Waals surface area contributed by atoms with Crippen LogP contribution in [0, 0.1) is 5.92 Å². The van der Waals surface area contributed by atoms with Crippen LogP contribution in [-0.2, 0) is 9.59 Å². The number of likely N-dealkylation sites (tertiary alicyclic amines) is 1.